The van der Waals surface area contributed by atoms with Crippen LogP contribution in [0.4, 0.5) is 4.39 Å². The van der Waals surface area contributed by atoms with Gasteiger partial charge in [0.25, 0.3) is 5.91 Å². The fourth-order valence-corrected chi connectivity index (χ4v) is 3.01. The average molecular weight is 344 g/mol. The molecular formula is C18H21FN4O2. The first-order chi connectivity index (χ1) is 11.9. The highest BCUT2D eigenvalue weighted by atomic mass is 19.1. The molecule has 7 heteroatoms. The summed E-state index contributed by atoms with van der Waals surface area (Å²) in [5, 5.41) is 6.99. The van der Waals surface area contributed by atoms with Gasteiger partial charge < -0.3 is 9.80 Å². The van der Waals surface area contributed by atoms with E-state index in [0.717, 1.165) is 17.7 Å². The molecule has 0 saturated carbocycles. The number of halogens is 1. The molecule has 1 aromatic carbocycles. The SMILES string of the molecule is CN(C)C(=O)c1cc([C@@H]2CCN(C(=O)Cc3ccc(F)cc3)C2)[nH]n1. The summed E-state index contributed by atoms with van der Waals surface area (Å²) in [4.78, 5) is 27.6. The van der Waals surface area contributed by atoms with Crippen molar-refractivity contribution in [1.82, 2.24) is 20.0 Å². The molecule has 0 radical (unpaired) electrons. The maximum absolute atomic E-state index is 12.9. The van der Waals surface area contributed by atoms with Crippen LogP contribution in [0.2, 0.25) is 0 Å². The number of benzene rings is 1. The maximum atomic E-state index is 12.9. The number of likely N-dealkylation sites (tertiary alicyclic amines) is 1. The summed E-state index contributed by atoms with van der Waals surface area (Å²) in [6.07, 6.45) is 1.09. The lowest BCUT2D eigenvalue weighted by molar-refractivity contribution is -0.129. The van der Waals surface area contributed by atoms with Crippen molar-refractivity contribution in [2.45, 2.75) is 18.8 Å². The highest BCUT2D eigenvalue weighted by molar-refractivity contribution is 5.92. The molecule has 1 aromatic heterocycles. The Hall–Kier alpha value is -2.70. The van der Waals surface area contributed by atoms with Crippen molar-refractivity contribution in [3.05, 3.63) is 53.1 Å². The van der Waals surface area contributed by atoms with Gasteiger partial charge in [-0.1, -0.05) is 12.1 Å². The zero-order valence-corrected chi connectivity index (χ0v) is 14.3. The number of nitrogens with one attached hydrogen (secondary N) is 1. The van der Waals surface area contributed by atoms with Crippen LogP contribution in [0.3, 0.4) is 0 Å². The van der Waals surface area contributed by atoms with Crippen molar-refractivity contribution in [2.75, 3.05) is 27.2 Å². The maximum Gasteiger partial charge on any atom is 0.273 e. The molecule has 0 bridgehead atoms. The van der Waals surface area contributed by atoms with Crippen molar-refractivity contribution < 1.29 is 14.0 Å². The van der Waals surface area contributed by atoms with Crippen molar-refractivity contribution >= 4 is 11.8 Å². The summed E-state index contributed by atoms with van der Waals surface area (Å²) in [5.41, 5.74) is 2.06. The minimum absolute atomic E-state index is 0.0261. The third-order valence-electron chi connectivity index (χ3n) is 4.47. The molecule has 3 rings (SSSR count). The van der Waals surface area contributed by atoms with Crippen LogP contribution in [-0.2, 0) is 11.2 Å². The lowest BCUT2D eigenvalue weighted by Crippen LogP contribution is -2.29. The predicted molar refractivity (Wildman–Crippen MR) is 90.6 cm³/mol. The van der Waals surface area contributed by atoms with E-state index in [2.05, 4.69) is 10.2 Å². The molecule has 1 atom stereocenters. The van der Waals surface area contributed by atoms with Gasteiger partial charge in [-0.15, -0.1) is 0 Å². The molecule has 132 valence electrons. The Bertz CT molecular complexity index is 770. The van der Waals surface area contributed by atoms with Crippen LogP contribution in [0.5, 0.6) is 0 Å². The van der Waals surface area contributed by atoms with Crippen LogP contribution < -0.4 is 0 Å². The van der Waals surface area contributed by atoms with Gasteiger partial charge in [0.05, 0.1) is 6.42 Å². The molecule has 1 fully saturated rings. The summed E-state index contributed by atoms with van der Waals surface area (Å²) in [6, 6.07) is 7.76. The Labute approximate surface area is 145 Å². The smallest absolute Gasteiger partial charge is 0.273 e. The first-order valence-electron chi connectivity index (χ1n) is 8.23. The Morgan fingerprint density at radius 2 is 2.04 bits per heavy atom. The number of carbonyl (C=O) groups is 2. The molecule has 6 nitrogen and oxygen atoms in total. The van der Waals surface area contributed by atoms with E-state index in [-0.39, 0.29) is 30.0 Å². The van der Waals surface area contributed by atoms with Crippen LogP contribution in [0.25, 0.3) is 0 Å². The van der Waals surface area contributed by atoms with E-state index >= 15 is 0 Å². The van der Waals surface area contributed by atoms with E-state index in [1.165, 1.54) is 17.0 Å². The molecule has 0 aliphatic carbocycles. The second-order valence-corrected chi connectivity index (χ2v) is 6.54. The number of carbonyl (C=O) groups excluding carboxylic acids is 2. The van der Waals surface area contributed by atoms with Crippen molar-refractivity contribution in [3.63, 3.8) is 0 Å². The van der Waals surface area contributed by atoms with Crippen LogP contribution in [0, 0.1) is 5.82 Å². The number of H-pyrrole nitrogens is 1. The fourth-order valence-electron chi connectivity index (χ4n) is 3.01. The number of nitrogens with zero attached hydrogens (tertiary/aromatic N) is 3. The van der Waals surface area contributed by atoms with E-state index in [1.807, 2.05) is 4.90 Å². The second-order valence-electron chi connectivity index (χ2n) is 6.54. The first kappa shape index (κ1) is 17.1. The number of aromatic amines is 1. The molecule has 1 N–H and O–H groups in total. The van der Waals surface area contributed by atoms with Gasteiger partial charge in [0.2, 0.25) is 5.91 Å². The monoisotopic (exact) mass is 344 g/mol. The predicted octanol–water partition coefficient (Wildman–Crippen LogP) is 1.81. The summed E-state index contributed by atoms with van der Waals surface area (Å²) >= 11 is 0. The molecular weight excluding hydrogens is 323 g/mol. The zero-order valence-electron chi connectivity index (χ0n) is 14.3. The number of hydrogen-bond acceptors (Lipinski definition) is 3. The van der Waals surface area contributed by atoms with Gasteiger partial charge in [-0.3, -0.25) is 14.7 Å². The Morgan fingerprint density at radius 1 is 1.32 bits per heavy atom. The lowest BCUT2D eigenvalue weighted by atomic mass is 10.0. The normalized spacial score (nSPS) is 16.9. The van der Waals surface area contributed by atoms with Crippen LogP contribution >= 0.6 is 0 Å². The van der Waals surface area contributed by atoms with Gasteiger partial charge in [0.15, 0.2) is 0 Å². The van der Waals surface area contributed by atoms with E-state index in [1.54, 1.807) is 32.3 Å². The summed E-state index contributed by atoms with van der Waals surface area (Å²) in [5.74, 6) is -0.281. The number of amides is 2. The zero-order chi connectivity index (χ0) is 18.0. The molecule has 2 amide bonds. The van der Waals surface area contributed by atoms with Crippen molar-refractivity contribution in [1.29, 1.82) is 0 Å². The van der Waals surface area contributed by atoms with Gasteiger partial charge in [0.1, 0.15) is 11.5 Å². The van der Waals surface area contributed by atoms with E-state index < -0.39 is 0 Å². The Morgan fingerprint density at radius 3 is 2.72 bits per heavy atom. The topological polar surface area (TPSA) is 69.3 Å². The highest BCUT2D eigenvalue weighted by Crippen LogP contribution is 2.27. The van der Waals surface area contributed by atoms with Gasteiger partial charge in [-0.2, -0.15) is 5.10 Å². The number of aromatic nitrogens is 2. The molecule has 2 aromatic rings. The quantitative estimate of drug-likeness (QED) is 0.920. The molecule has 25 heavy (non-hydrogen) atoms. The fraction of sp³-hybridized carbons (Fsp3) is 0.389. The number of hydrogen-bond donors (Lipinski definition) is 1. The average Bonchev–Trinajstić information content (AvgIpc) is 3.25. The third kappa shape index (κ3) is 3.87. The van der Waals surface area contributed by atoms with Gasteiger partial charge >= 0.3 is 0 Å². The van der Waals surface area contributed by atoms with Crippen LogP contribution in [0.1, 0.15) is 34.1 Å². The van der Waals surface area contributed by atoms with Crippen molar-refractivity contribution in [2.24, 2.45) is 0 Å². The Kier molecular flexibility index (Phi) is 4.83. The lowest BCUT2D eigenvalue weighted by Gasteiger charge is -2.16. The molecule has 2 heterocycles. The molecule has 1 saturated heterocycles. The minimum Gasteiger partial charge on any atom is -0.343 e. The molecule has 0 unspecified atom stereocenters. The molecule has 1 aliphatic heterocycles. The Balaban J connectivity index is 1.60. The van der Waals surface area contributed by atoms with E-state index in [4.69, 9.17) is 0 Å². The summed E-state index contributed by atoms with van der Waals surface area (Å²) in [6.45, 7) is 1.26. The minimum atomic E-state index is -0.306. The van der Waals surface area contributed by atoms with Gasteiger partial charge in [-0.25, -0.2) is 4.39 Å². The van der Waals surface area contributed by atoms with E-state index in [0.29, 0.717) is 18.8 Å². The molecule has 1 aliphatic rings. The second kappa shape index (κ2) is 7.04. The van der Waals surface area contributed by atoms with Gasteiger partial charge in [0, 0.05) is 38.8 Å². The highest BCUT2D eigenvalue weighted by Gasteiger charge is 2.29. The van der Waals surface area contributed by atoms with Crippen LogP contribution in [-0.4, -0.2) is 59.0 Å². The first-order valence-corrected chi connectivity index (χ1v) is 8.23. The third-order valence-corrected chi connectivity index (χ3v) is 4.47. The van der Waals surface area contributed by atoms with Crippen molar-refractivity contribution in [3.8, 4) is 0 Å². The summed E-state index contributed by atoms with van der Waals surface area (Å²) < 4.78 is 12.9. The largest absolute Gasteiger partial charge is 0.343 e. The summed E-state index contributed by atoms with van der Waals surface area (Å²) in [7, 11) is 3.37. The number of rotatable bonds is 4. The molecule has 0 spiro atoms. The van der Waals surface area contributed by atoms with Crippen LogP contribution in [0.15, 0.2) is 30.3 Å². The van der Waals surface area contributed by atoms with Gasteiger partial charge in [-0.05, 0) is 30.2 Å². The standard InChI is InChI=1S/C18H21FN4O2/c1-22(2)18(25)16-10-15(20-21-16)13-7-8-23(11-13)17(24)9-12-3-5-14(19)6-4-12/h3-6,10,13H,7-9,11H2,1-2H3,(H,20,21)/t13-/m1/s1. The van der Waals surface area contributed by atoms with E-state index in [9.17, 15) is 14.0 Å².